The van der Waals surface area contributed by atoms with Crippen molar-refractivity contribution in [2.24, 2.45) is 5.41 Å². The Morgan fingerprint density at radius 2 is 1.11 bits per heavy atom. The molecule has 1 aliphatic carbocycles. The fourth-order valence-electron chi connectivity index (χ4n) is 4.19. The van der Waals surface area contributed by atoms with E-state index in [4.69, 9.17) is 9.47 Å². The van der Waals surface area contributed by atoms with Crippen LogP contribution in [0.25, 0.3) is 0 Å². The third kappa shape index (κ3) is 4.44. The van der Waals surface area contributed by atoms with Crippen LogP contribution in [-0.4, -0.2) is 24.1 Å². The lowest BCUT2D eigenvalue weighted by atomic mass is 9.67. The van der Waals surface area contributed by atoms with E-state index in [1.54, 1.807) is 24.3 Å². The second kappa shape index (κ2) is 9.05. The quantitative estimate of drug-likeness (QED) is 0.627. The van der Waals surface area contributed by atoms with Gasteiger partial charge in [0.15, 0.2) is 0 Å². The van der Waals surface area contributed by atoms with E-state index in [9.17, 15) is 9.59 Å². The van der Waals surface area contributed by atoms with E-state index in [1.807, 2.05) is 50.2 Å². The van der Waals surface area contributed by atoms with Crippen LogP contribution < -0.4 is 0 Å². The zero-order chi connectivity index (χ0) is 20.0. The van der Waals surface area contributed by atoms with Gasteiger partial charge in [0.05, 0.1) is 11.1 Å². The summed E-state index contributed by atoms with van der Waals surface area (Å²) in [5, 5.41) is 0. The Bertz CT molecular complexity index is 717. The highest BCUT2D eigenvalue weighted by atomic mass is 16.6. The topological polar surface area (TPSA) is 52.6 Å². The van der Waals surface area contributed by atoms with Crippen molar-refractivity contribution < 1.29 is 19.1 Å². The van der Waals surface area contributed by atoms with Gasteiger partial charge in [-0.3, -0.25) is 0 Å². The minimum absolute atomic E-state index is 0.334. The first-order chi connectivity index (χ1) is 13.5. The largest absolute Gasteiger partial charge is 0.458 e. The number of carbonyl (C=O) groups is 2. The maximum Gasteiger partial charge on any atom is 0.338 e. The molecule has 2 aromatic rings. The second-order valence-electron chi connectivity index (χ2n) is 7.62. The van der Waals surface area contributed by atoms with Crippen molar-refractivity contribution in [3.8, 4) is 0 Å². The molecule has 2 atom stereocenters. The van der Waals surface area contributed by atoms with Gasteiger partial charge in [0.1, 0.15) is 12.2 Å². The summed E-state index contributed by atoms with van der Waals surface area (Å²) in [5.41, 5.74) is 0.705. The van der Waals surface area contributed by atoms with Gasteiger partial charge in [-0.05, 0) is 51.0 Å². The Hall–Kier alpha value is -2.62. The van der Waals surface area contributed by atoms with E-state index in [0.29, 0.717) is 11.1 Å². The average molecular weight is 380 g/mol. The average Bonchev–Trinajstić information content (AvgIpc) is 2.75. The Balaban J connectivity index is 1.75. The molecule has 3 rings (SSSR count). The first-order valence-electron chi connectivity index (χ1n) is 10.0. The predicted molar refractivity (Wildman–Crippen MR) is 108 cm³/mol. The molecule has 0 amide bonds. The van der Waals surface area contributed by atoms with E-state index in [1.165, 1.54) is 0 Å². The summed E-state index contributed by atoms with van der Waals surface area (Å²) < 4.78 is 11.7. The second-order valence-corrected chi connectivity index (χ2v) is 7.62. The standard InChI is InChI=1S/C24H28O4/c1-18(27-22(25)20-12-6-3-7-13-20)24(16-10-5-11-17-24)19(2)28-23(26)21-14-8-4-9-15-21/h3-4,6-9,12-15,18-19H,5,10-11,16-17H2,1-2H3. The van der Waals surface area contributed by atoms with Crippen molar-refractivity contribution in [3.63, 3.8) is 0 Å². The number of esters is 2. The lowest BCUT2D eigenvalue weighted by molar-refractivity contribution is -0.0929. The molecule has 0 heterocycles. The maximum atomic E-state index is 12.6. The normalized spacial score (nSPS) is 17.9. The molecule has 4 heteroatoms. The molecule has 2 aromatic carbocycles. The first kappa shape index (κ1) is 20.1. The molecule has 0 spiro atoms. The van der Waals surface area contributed by atoms with Gasteiger partial charge in [-0.15, -0.1) is 0 Å². The van der Waals surface area contributed by atoms with Crippen molar-refractivity contribution in [2.75, 3.05) is 0 Å². The van der Waals surface area contributed by atoms with Crippen molar-refractivity contribution >= 4 is 11.9 Å². The molecule has 0 saturated heterocycles. The molecule has 0 aromatic heterocycles. The SMILES string of the molecule is CC(OC(=O)c1ccccc1)C1(C(C)OC(=O)c2ccccc2)CCCCC1. The molecule has 2 unspecified atom stereocenters. The van der Waals surface area contributed by atoms with Gasteiger partial charge in [0, 0.05) is 5.41 Å². The fourth-order valence-corrected chi connectivity index (χ4v) is 4.19. The van der Waals surface area contributed by atoms with Crippen LogP contribution in [0.4, 0.5) is 0 Å². The van der Waals surface area contributed by atoms with Gasteiger partial charge < -0.3 is 9.47 Å². The van der Waals surface area contributed by atoms with Gasteiger partial charge in [-0.1, -0.05) is 55.7 Å². The van der Waals surface area contributed by atoms with E-state index in [0.717, 1.165) is 32.1 Å². The molecule has 4 nitrogen and oxygen atoms in total. The van der Waals surface area contributed by atoms with Crippen LogP contribution in [0.5, 0.6) is 0 Å². The minimum atomic E-state index is -0.368. The number of hydrogen-bond donors (Lipinski definition) is 0. The van der Waals surface area contributed by atoms with Crippen molar-refractivity contribution in [3.05, 3.63) is 71.8 Å². The lowest BCUT2D eigenvalue weighted by Gasteiger charge is -2.45. The van der Waals surface area contributed by atoms with Crippen molar-refractivity contribution in [1.29, 1.82) is 0 Å². The Labute approximate surface area is 166 Å². The summed E-state index contributed by atoms with van der Waals surface area (Å²) in [5.74, 6) is -0.667. The number of benzene rings is 2. The minimum Gasteiger partial charge on any atom is -0.458 e. The molecule has 1 fully saturated rings. The van der Waals surface area contributed by atoms with E-state index in [2.05, 4.69) is 0 Å². The van der Waals surface area contributed by atoms with Gasteiger partial charge >= 0.3 is 11.9 Å². The van der Waals surface area contributed by atoms with Crippen LogP contribution in [-0.2, 0) is 9.47 Å². The Morgan fingerprint density at radius 1 is 0.714 bits per heavy atom. The summed E-state index contributed by atoms with van der Waals surface area (Å²) in [4.78, 5) is 25.2. The van der Waals surface area contributed by atoms with Gasteiger partial charge in [-0.2, -0.15) is 0 Å². The summed E-state index contributed by atoms with van der Waals surface area (Å²) >= 11 is 0. The van der Waals surface area contributed by atoms with E-state index >= 15 is 0 Å². The number of hydrogen-bond acceptors (Lipinski definition) is 4. The van der Waals surface area contributed by atoms with Gasteiger partial charge in [0.2, 0.25) is 0 Å². The van der Waals surface area contributed by atoms with E-state index < -0.39 is 0 Å². The van der Waals surface area contributed by atoms with Crippen LogP contribution in [0.2, 0.25) is 0 Å². The van der Waals surface area contributed by atoms with Crippen LogP contribution in [0, 0.1) is 5.41 Å². The molecule has 0 radical (unpaired) electrons. The summed E-state index contributed by atoms with van der Waals surface area (Å²) in [6, 6.07) is 18.0. The molecule has 0 N–H and O–H groups in total. The third-order valence-corrected chi connectivity index (χ3v) is 5.99. The van der Waals surface area contributed by atoms with Crippen LogP contribution in [0.1, 0.15) is 66.7 Å². The zero-order valence-electron chi connectivity index (χ0n) is 16.6. The monoisotopic (exact) mass is 380 g/mol. The Morgan fingerprint density at radius 3 is 1.50 bits per heavy atom. The molecule has 1 saturated carbocycles. The molecule has 0 bridgehead atoms. The smallest absolute Gasteiger partial charge is 0.338 e. The number of rotatable bonds is 6. The molecule has 148 valence electrons. The molecule has 0 aliphatic heterocycles. The maximum absolute atomic E-state index is 12.6. The highest BCUT2D eigenvalue weighted by Gasteiger charge is 2.46. The van der Waals surface area contributed by atoms with Crippen molar-refractivity contribution in [2.45, 2.75) is 58.2 Å². The zero-order valence-corrected chi connectivity index (χ0v) is 16.6. The molecule has 1 aliphatic rings. The molecule has 28 heavy (non-hydrogen) atoms. The van der Waals surface area contributed by atoms with Gasteiger partial charge in [-0.25, -0.2) is 9.59 Å². The van der Waals surface area contributed by atoms with Crippen LogP contribution >= 0.6 is 0 Å². The molecular weight excluding hydrogens is 352 g/mol. The van der Waals surface area contributed by atoms with Gasteiger partial charge in [0.25, 0.3) is 0 Å². The predicted octanol–water partition coefficient (Wildman–Crippen LogP) is 5.43. The Kier molecular flexibility index (Phi) is 6.50. The van der Waals surface area contributed by atoms with Crippen molar-refractivity contribution in [1.82, 2.24) is 0 Å². The summed E-state index contributed by atoms with van der Waals surface area (Å²) in [6.45, 7) is 3.86. The fraction of sp³-hybridized carbons (Fsp3) is 0.417. The first-order valence-corrected chi connectivity index (χ1v) is 10.0. The highest BCUT2D eigenvalue weighted by molar-refractivity contribution is 5.90. The van der Waals surface area contributed by atoms with Crippen LogP contribution in [0.15, 0.2) is 60.7 Å². The summed E-state index contributed by atoms with van der Waals surface area (Å²) in [6.07, 6.45) is 4.29. The van der Waals surface area contributed by atoms with E-state index in [-0.39, 0.29) is 29.6 Å². The number of carbonyl (C=O) groups excluding carboxylic acids is 2. The highest BCUT2D eigenvalue weighted by Crippen LogP contribution is 2.45. The van der Waals surface area contributed by atoms with Crippen LogP contribution in [0.3, 0.4) is 0 Å². The molecular formula is C24H28O4. The third-order valence-electron chi connectivity index (χ3n) is 5.99. The number of ether oxygens (including phenoxy) is 2. The summed E-state index contributed by atoms with van der Waals surface area (Å²) in [7, 11) is 0. The lowest BCUT2D eigenvalue weighted by Crippen LogP contribution is -2.48.